The van der Waals surface area contributed by atoms with Crippen molar-refractivity contribution in [3.05, 3.63) is 59.0 Å². The van der Waals surface area contributed by atoms with Crippen molar-refractivity contribution in [2.75, 3.05) is 52.6 Å². The molecule has 2 unspecified atom stereocenters. The first-order chi connectivity index (χ1) is 42.3. The van der Waals surface area contributed by atoms with E-state index in [-0.39, 0.29) is 38.2 Å². The molecule has 2 aliphatic rings. The lowest BCUT2D eigenvalue weighted by Gasteiger charge is -2.55. The summed E-state index contributed by atoms with van der Waals surface area (Å²) in [5, 5.41) is 91.9. The molecule has 4 rings (SSSR count). The molecular formula is C63H113N4O20P. The summed E-state index contributed by atoms with van der Waals surface area (Å²) in [4.78, 5) is 80.5. The number of hydrogen-bond acceptors (Lipinski definition) is 18. The molecular weight excluding hydrogens is 1160 g/mol. The van der Waals surface area contributed by atoms with Crippen molar-refractivity contribution in [1.29, 1.82) is 0 Å². The van der Waals surface area contributed by atoms with Crippen molar-refractivity contribution in [2.45, 2.75) is 299 Å². The van der Waals surface area contributed by atoms with Crippen LogP contribution in [0.15, 0.2) is 25.4 Å². The summed E-state index contributed by atoms with van der Waals surface area (Å²) in [6, 6.07) is 0. The highest BCUT2D eigenvalue weighted by Crippen LogP contribution is 2.48. The molecule has 2 fully saturated rings. The van der Waals surface area contributed by atoms with Crippen LogP contribution in [0.2, 0.25) is 0 Å². The van der Waals surface area contributed by atoms with Gasteiger partial charge in [0.2, 0.25) is 0 Å². The van der Waals surface area contributed by atoms with Gasteiger partial charge in [0.15, 0.2) is 0 Å². The van der Waals surface area contributed by atoms with E-state index in [1.54, 1.807) is 0 Å². The number of ether oxygens (including phenoxy) is 5. The zero-order valence-electron chi connectivity index (χ0n) is 53.2. The zero-order valence-corrected chi connectivity index (χ0v) is 54.1. The van der Waals surface area contributed by atoms with Crippen LogP contribution in [0.5, 0.6) is 0 Å². The first-order valence-electron chi connectivity index (χ1n) is 33.4. The van der Waals surface area contributed by atoms with Gasteiger partial charge in [-0.25, -0.2) is 9.59 Å². The van der Waals surface area contributed by atoms with Crippen molar-refractivity contribution >= 4 is 7.60 Å². The molecule has 0 bridgehead atoms. The lowest BCUT2D eigenvalue weighted by atomic mass is 9.62. The van der Waals surface area contributed by atoms with E-state index in [9.17, 15) is 64.8 Å². The molecule has 0 aromatic carbocycles. The number of aliphatic hydroxyl groups is 8. The Morgan fingerprint density at radius 2 is 0.909 bits per heavy atom. The lowest BCUT2D eigenvalue weighted by molar-refractivity contribution is -0.291. The second-order valence-electron chi connectivity index (χ2n) is 24.6. The minimum atomic E-state index is -4.82. The molecule has 2 aromatic heterocycles. The van der Waals surface area contributed by atoms with Crippen LogP contribution in [0.25, 0.3) is 5.82 Å². The number of hydrogen-bond donors (Lipinski definition) is 11. The van der Waals surface area contributed by atoms with Crippen molar-refractivity contribution in [3.63, 3.8) is 0 Å². The zero-order chi connectivity index (χ0) is 64.5. The van der Waals surface area contributed by atoms with E-state index in [0.29, 0.717) is 13.0 Å². The van der Waals surface area contributed by atoms with E-state index in [1.165, 1.54) is 122 Å². The van der Waals surface area contributed by atoms with Crippen LogP contribution in [0, 0.1) is 6.92 Å². The summed E-state index contributed by atoms with van der Waals surface area (Å²) in [7, 11) is -4.82. The Morgan fingerprint density at radius 3 is 1.32 bits per heavy atom. The number of aromatic nitrogens is 4. The van der Waals surface area contributed by atoms with E-state index < -0.39 is 154 Å². The third kappa shape index (κ3) is 24.2. The second kappa shape index (κ2) is 42.3. The van der Waals surface area contributed by atoms with Crippen LogP contribution in [0.3, 0.4) is 0 Å². The number of rotatable bonds is 49. The van der Waals surface area contributed by atoms with Gasteiger partial charge >= 0.3 is 19.0 Å². The van der Waals surface area contributed by atoms with E-state index in [1.807, 2.05) is 0 Å². The molecule has 510 valence electrons. The van der Waals surface area contributed by atoms with Gasteiger partial charge in [0, 0.05) is 44.7 Å². The maximum Gasteiger partial charge on any atom is 0.350 e. The normalized spacial score (nSPS) is 23.2. The van der Waals surface area contributed by atoms with Crippen LogP contribution in [0.1, 0.15) is 224 Å². The van der Waals surface area contributed by atoms with E-state index in [2.05, 4.69) is 18.8 Å². The molecule has 10 atom stereocenters. The predicted octanol–water partition coefficient (Wildman–Crippen LogP) is 5.40. The van der Waals surface area contributed by atoms with Crippen molar-refractivity contribution in [3.8, 4) is 5.82 Å². The lowest BCUT2D eigenvalue weighted by Crippen LogP contribution is -2.73. The molecule has 88 heavy (non-hydrogen) atoms. The molecule has 0 saturated carbocycles. The fraction of sp³-hybridized carbons (Fsp3) is 0.873. The molecule has 2 aliphatic heterocycles. The standard InChI is InChI=1S/C63H113N4O20P/c1-4-6-8-10-12-14-16-18-20-22-24-26-28-30-37-83-39-32-34-63(56-54(74)52(72)50(70)47(43-68)86-56,57-55(75)53(73)51(71)48(44-69)87-57)49-59(67-42-46(3)58(76)64-61(67)78)65(36-41-85-45-88(80,81)82)62(79)66(60(49)77)35-33-40-84-38-31-29-27-25-23-21-19-17-15-13-11-9-7-5-2/h42,47-48,50-57,68-75H,4-41,43-45H2,1-3H3,(H,64,76,78)(H2,80,81,82)/t47-,48-,50+,51+,52+,53+,54-,55-,56?,57?,63?/m1/s1. The van der Waals surface area contributed by atoms with Crippen LogP contribution in [0.4, 0.5) is 0 Å². The number of nitrogens with zero attached hydrogens (tertiary/aromatic N) is 3. The summed E-state index contributed by atoms with van der Waals surface area (Å²) in [5.41, 5.74) is -7.88. The Balaban J connectivity index is 1.77. The summed E-state index contributed by atoms with van der Waals surface area (Å²) < 4.78 is 44.7. The van der Waals surface area contributed by atoms with Gasteiger partial charge in [-0.05, 0) is 39.0 Å². The van der Waals surface area contributed by atoms with E-state index >= 15 is 9.59 Å². The Bertz CT molecular complexity index is 2480. The van der Waals surface area contributed by atoms with Crippen LogP contribution < -0.4 is 22.5 Å². The minimum Gasteiger partial charge on any atom is -0.394 e. The number of H-pyrrole nitrogens is 1. The van der Waals surface area contributed by atoms with Gasteiger partial charge < -0.3 is 74.3 Å². The highest BCUT2D eigenvalue weighted by molar-refractivity contribution is 7.51. The maximum absolute atomic E-state index is 16.2. The van der Waals surface area contributed by atoms with Gasteiger partial charge in [-0.15, -0.1) is 0 Å². The Kier molecular flexibility index (Phi) is 37.2. The van der Waals surface area contributed by atoms with Gasteiger partial charge in [-0.1, -0.05) is 181 Å². The molecule has 0 radical (unpaired) electrons. The average Bonchev–Trinajstić information content (AvgIpc) is 0.716. The Labute approximate surface area is 520 Å². The molecule has 0 amide bonds. The van der Waals surface area contributed by atoms with Crippen molar-refractivity contribution in [2.24, 2.45) is 0 Å². The van der Waals surface area contributed by atoms with Crippen LogP contribution in [-0.2, 0) is 46.8 Å². The molecule has 0 spiro atoms. The molecule has 4 heterocycles. The highest BCUT2D eigenvalue weighted by Gasteiger charge is 2.64. The summed E-state index contributed by atoms with van der Waals surface area (Å²) in [6.45, 7) is 2.65. The summed E-state index contributed by atoms with van der Waals surface area (Å²) in [6.07, 6.45) is 11.2. The van der Waals surface area contributed by atoms with E-state index in [0.717, 1.165) is 77.7 Å². The van der Waals surface area contributed by atoms with Gasteiger partial charge in [0.1, 0.15) is 61.0 Å². The topological polar surface area (TPSA) is 364 Å². The van der Waals surface area contributed by atoms with Gasteiger partial charge in [-0.2, -0.15) is 0 Å². The molecule has 0 aliphatic carbocycles. The Morgan fingerprint density at radius 1 is 0.511 bits per heavy atom. The van der Waals surface area contributed by atoms with Crippen LogP contribution >= 0.6 is 7.60 Å². The number of nitrogens with one attached hydrogen (secondary N) is 1. The smallest absolute Gasteiger partial charge is 0.350 e. The first-order valence-corrected chi connectivity index (χ1v) is 35.2. The van der Waals surface area contributed by atoms with Crippen molar-refractivity contribution in [1.82, 2.24) is 18.7 Å². The minimum absolute atomic E-state index is 0.0269. The van der Waals surface area contributed by atoms with Gasteiger partial charge in [0.05, 0.1) is 49.6 Å². The summed E-state index contributed by atoms with van der Waals surface area (Å²) in [5.74, 6) is -0.679. The third-order valence-corrected chi connectivity index (χ3v) is 18.1. The number of aryl methyl sites for hydroxylation is 1. The number of unbranched alkanes of at least 4 members (excludes halogenated alkanes) is 26. The Hall–Kier alpha value is -3.01. The number of aliphatic hydroxyl groups excluding tert-OH is 8. The molecule has 25 heteroatoms. The van der Waals surface area contributed by atoms with E-state index in [4.69, 9.17) is 23.7 Å². The van der Waals surface area contributed by atoms with Crippen LogP contribution in [-0.4, -0.2) is 183 Å². The SMILES string of the molecule is CCCCCCCCCCCCCCCCOCCCn1c(=O)c(C(CCCOCCCCCCCCCCCCCCCC)(C2O[C@H](CO)[C@H](O)[C@H](O)[C@H]2O)C2O[C@H](CO)[C@H](O)[C@H](O)[C@H]2O)c(-n2cc(C)c(=O)[nH]c2=O)n(CCOCP(=O)(O)O)c1=O. The molecule has 11 N–H and O–H groups in total. The fourth-order valence-electron chi connectivity index (χ4n) is 12.5. The monoisotopic (exact) mass is 1280 g/mol. The summed E-state index contributed by atoms with van der Waals surface area (Å²) >= 11 is 0. The average molecular weight is 1280 g/mol. The quantitative estimate of drug-likeness (QED) is 0.0292. The number of aromatic amines is 1. The highest BCUT2D eigenvalue weighted by atomic mass is 31.2. The first kappa shape index (κ1) is 77.4. The maximum atomic E-state index is 16.2. The predicted molar refractivity (Wildman–Crippen MR) is 334 cm³/mol. The van der Waals surface area contributed by atoms with Crippen molar-refractivity contribution < 1.29 is 78.9 Å². The third-order valence-electron chi connectivity index (χ3n) is 17.6. The fourth-order valence-corrected chi connectivity index (χ4v) is 12.9. The largest absolute Gasteiger partial charge is 0.394 e. The molecule has 2 aromatic rings. The van der Waals surface area contributed by atoms with Gasteiger partial charge in [0.25, 0.3) is 11.1 Å². The molecule has 24 nitrogen and oxygen atoms in total. The molecule has 2 saturated heterocycles. The van der Waals surface area contributed by atoms with Gasteiger partial charge in [-0.3, -0.25) is 32.8 Å². The second-order valence-corrected chi connectivity index (χ2v) is 26.2.